The number of halogens is 1. The van der Waals surface area contributed by atoms with E-state index in [1.807, 2.05) is 25.1 Å². The van der Waals surface area contributed by atoms with Crippen molar-refractivity contribution in [3.05, 3.63) is 34.3 Å². The van der Waals surface area contributed by atoms with Gasteiger partial charge in [0.15, 0.2) is 0 Å². The van der Waals surface area contributed by atoms with Gasteiger partial charge in [-0.05, 0) is 37.0 Å². The summed E-state index contributed by atoms with van der Waals surface area (Å²) in [6, 6.07) is 5.88. The molecule has 0 atom stereocenters. The molecule has 1 N–H and O–H groups in total. The fourth-order valence-corrected chi connectivity index (χ4v) is 2.30. The van der Waals surface area contributed by atoms with Crippen molar-refractivity contribution in [2.24, 2.45) is 0 Å². The van der Waals surface area contributed by atoms with E-state index in [1.54, 1.807) is 0 Å². The van der Waals surface area contributed by atoms with Crippen molar-refractivity contribution >= 4 is 11.6 Å². The van der Waals surface area contributed by atoms with Gasteiger partial charge in [0.2, 0.25) is 0 Å². The number of benzene rings is 1. The Hall–Kier alpha value is -0.530. The average molecular weight is 241 g/mol. The normalized spacial score (nSPS) is 11.8. The van der Waals surface area contributed by atoms with Crippen LogP contribution in [-0.4, -0.2) is 5.11 Å². The smallest absolute Gasteiger partial charge is 0.0896 e. The lowest BCUT2D eigenvalue weighted by molar-refractivity contribution is 0.0170. The first kappa shape index (κ1) is 13.5. The molecule has 0 saturated carbocycles. The maximum absolute atomic E-state index is 10.6. The Labute approximate surface area is 103 Å². The van der Waals surface area contributed by atoms with Crippen LogP contribution < -0.4 is 0 Å². The molecule has 0 aliphatic rings. The van der Waals surface area contributed by atoms with E-state index in [4.69, 9.17) is 11.6 Å². The largest absolute Gasteiger partial charge is 0.385 e. The first-order valence-corrected chi connectivity index (χ1v) is 6.40. The molecule has 0 aromatic heterocycles. The van der Waals surface area contributed by atoms with Crippen LogP contribution in [0.2, 0.25) is 5.02 Å². The van der Waals surface area contributed by atoms with Crippen molar-refractivity contribution in [2.45, 2.75) is 52.1 Å². The van der Waals surface area contributed by atoms with Gasteiger partial charge in [-0.25, -0.2) is 0 Å². The Morgan fingerprint density at radius 2 is 1.75 bits per heavy atom. The van der Waals surface area contributed by atoms with Crippen molar-refractivity contribution in [2.75, 3.05) is 0 Å². The molecule has 0 spiro atoms. The van der Waals surface area contributed by atoms with Crippen LogP contribution in [0.4, 0.5) is 0 Å². The van der Waals surface area contributed by atoms with Gasteiger partial charge in [-0.3, -0.25) is 0 Å². The Morgan fingerprint density at radius 1 is 1.19 bits per heavy atom. The quantitative estimate of drug-likeness (QED) is 0.807. The third-order valence-corrected chi connectivity index (χ3v) is 3.44. The van der Waals surface area contributed by atoms with Gasteiger partial charge in [-0.1, -0.05) is 50.4 Å². The maximum Gasteiger partial charge on any atom is 0.0896 e. The van der Waals surface area contributed by atoms with Gasteiger partial charge in [0.25, 0.3) is 0 Å². The highest BCUT2D eigenvalue weighted by atomic mass is 35.5. The van der Waals surface area contributed by atoms with E-state index in [-0.39, 0.29) is 0 Å². The first-order valence-electron chi connectivity index (χ1n) is 6.02. The standard InChI is InChI=1S/C14H21ClO/c1-4-8-14(16,9-5-2)12-7-6-11(3)13(15)10-12/h6-7,10,16H,4-5,8-9H2,1-3H3. The lowest BCUT2D eigenvalue weighted by atomic mass is 9.85. The Morgan fingerprint density at radius 3 is 2.19 bits per heavy atom. The molecule has 90 valence electrons. The van der Waals surface area contributed by atoms with Crippen molar-refractivity contribution in [3.8, 4) is 0 Å². The lowest BCUT2D eigenvalue weighted by Gasteiger charge is -2.28. The Balaban J connectivity index is 3.05. The van der Waals surface area contributed by atoms with E-state index < -0.39 is 5.60 Å². The van der Waals surface area contributed by atoms with Gasteiger partial charge in [0.05, 0.1) is 5.60 Å². The van der Waals surface area contributed by atoms with E-state index in [2.05, 4.69) is 13.8 Å². The molecule has 0 bridgehead atoms. The summed E-state index contributed by atoms with van der Waals surface area (Å²) in [5, 5.41) is 11.4. The van der Waals surface area contributed by atoms with Crippen LogP contribution in [0.5, 0.6) is 0 Å². The molecule has 1 nitrogen and oxygen atoms in total. The van der Waals surface area contributed by atoms with Crippen molar-refractivity contribution < 1.29 is 5.11 Å². The van der Waals surface area contributed by atoms with Crippen LogP contribution in [-0.2, 0) is 5.60 Å². The summed E-state index contributed by atoms with van der Waals surface area (Å²) in [6.07, 6.45) is 3.53. The summed E-state index contributed by atoms with van der Waals surface area (Å²) in [6.45, 7) is 6.16. The number of hydrogen-bond acceptors (Lipinski definition) is 1. The topological polar surface area (TPSA) is 20.2 Å². The van der Waals surface area contributed by atoms with Crippen LogP contribution in [0.15, 0.2) is 18.2 Å². The van der Waals surface area contributed by atoms with Crippen LogP contribution >= 0.6 is 11.6 Å². The van der Waals surface area contributed by atoms with Gasteiger partial charge < -0.3 is 5.11 Å². The second-order valence-corrected chi connectivity index (χ2v) is 4.90. The summed E-state index contributed by atoms with van der Waals surface area (Å²) in [5.74, 6) is 0. The van der Waals surface area contributed by atoms with Crippen LogP contribution in [0.25, 0.3) is 0 Å². The van der Waals surface area contributed by atoms with Crippen LogP contribution in [0.1, 0.15) is 50.7 Å². The van der Waals surface area contributed by atoms with E-state index in [0.29, 0.717) is 0 Å². The predicted molar refractivity (Wildman–Crippen MR) is 69.9 cm³/mol. The molecule has 1 aromatic rings. The Kier molecular flexibility index (Phi) is 4.82. The van der Waals surface area contributed by atoms with E-state index in [9.17, 15) is 5.11 Å². The minimum Gasteiger partial charge on any atom is -0.385 e. The van der Waals surface area contributed by atoms with Gasteiger partial charge in [0.1, 0.15) is 0 Å². The SMILES string of the molecule is CCCC(O)(CCC)c1ccc(C)c(Cl)c1. The highest BCUT2D eigenvalue weighted by Gasteiger charge is 2.27. The number of hydrogen-bond donors (Lipinski definition) is 1. The monoisotopic (exact) mass is 240 g/mol. The van der Waals surface area contributed by atoms with Crippen molar-refractivity contribution in [3.63, 3.8) is 0 Å². The molecule has 0 unspecified atom stereocenters. The molecular formula is C14H21ClO. The molecule has 0 heterocycles. The van der Waals surface area contributed by atoms with Crippen LogP contribution in [0.3, 0.4) is 0 Å². The first-order chi connectivity index (χ1) is 7.53. The fourth-order valence-electron chi connectivity index (χ4n) is 2.12. The summed E-state index contributed by atoms with van der Waals surface area (Å²) in [4.78, 5) is 0. The molecule has 0 radical (unpaired) electrons. The van der Waals surface area contributed by atoms with Crippen molar-refractivity contribution in [1.29, 1.82) is 0 Å². The summed E-state index contributed by atoms with van der Waals surface area (Å²) < 4.78 is 0. The molecular weight excluding hydrogens is 220 g/mol. The van der Waals surface area contributed by atoms with Crippen molar-refractivity contribution in [1.82, 2.24) is 0 Å². The minimum atomic E-state index is -0.707. The molecule has 0 aliphatic heterocycles. The minimum absolute atomic E-state index is 0.707. The molecule has 0 amide bonds. The van der Waals surface area contributed by atoms with Gasteiger partial charge >= 0.3 is 0 Å². The fraction of sp³-hybridized carbons (Fsp3) is 0.571. The summed E-state index contributed by atoms with van der Waals surface area (Å²) >= 11 is 6.11. The predicted octanol–water partition coefficient (Wildman–Crippen LogP) is 4.44. The molecule has 0 aliphatic carbocycles. The van der Waals surface area contributed by atoms with E-state index >= 15 is 0 Å². The van der Waals surface area contributed by atoms with E-state index in [0.717, 1.165) is 41.8 Å². The maximum atomic E-state index is 10.6. The molecule has 0 fully saturated rings. The summed E-state index contributed by atoms with van der Waals surface area (Å²) in [7, 11) is 0. The third-order valence-electron chi connectivity index (χ3n) is 3.04. The molecule has 2 heteroatoms. The molecule has 1 rings (SSSR count). The number of aryl methyl sites for hydroxylation is 1. The average Bonchev–Trinajstić information content (AvgIpc) is 2.22. The second kappa shape index (κ2) is 5.70. The highest BCUT2D eigenvalue weighted by molar-refractivity contribution is 6.31. The number of aliphatic hydroxyl groups is 1. The molecule has 1 aromatic carbocycles. The zero-order chi connectivity index (χ0) is 12.2. The van der Waals surface area contributed by atoms with Crippen LogP contribution in [0, 0.1) is 6.92 Å². The lowest BCUT2D eigenvalue weighted by Crippen LogP contribution is -2.25. The van der Waals surface area contributed by atoms with Gasteiger partial charge in [-0.2, -0.15) is 0 Å². The molecule has 0 saturated heterocycles. The summed E-state index contributed by atoms with van der Waals surface area (Å²) in [5.41, 5.74) is 1.30. The second-order valence-electron chi connectivity index (χ2n) is 4.50. The van der Waals surface area contributed by atoms with Gasteiger partial charge in [-0.15, -0.1) is 0 Å². The zero-order valence-corrected chi connectivity index (χ0v) is 11.1. The van der Waals surface area contributed by atoms with E-state index in [1.165, 1.54) is 0 Å². The molecule has 16 heavy (non-hydrogen) atoms. The highest BCUT2D eigenvalue weighted by Crippen LogP contribution is 2.33. The third kappa shape index (κ3) is 2.99. The van der Waals surface area contributed by atoms with Gasteiger partial charge in [0, 0.05) is 5.02 Å². The number of rotatable bonds is 5. The Bertz CT molecular complexity index is 341. The zero-order valence-electron chi connectivity index (χ0n) is 10.4.